The number of carboxylic acids is 1. The smallest absolute Gasteiger partial charge is 0.308 e. The Balaban J connectivity index is 2.09. The zero-order chi connectivity index (χ0) is 14.0. The summed E-state index contributed by atoms with van der Waals surface area (Å²) >= 11 is 0. The van der Waals surface area contributed by atoms with Gasteiger partial charge in [0.2, 0.25) is 5.91 Å². The summed E-state index contributed by atoms with van der Waals surface area (Å²) in [4.78, 5) is 25.1. The van der Waals surface area contributed by atoms with Crippen LogP contribution in [0.4, 0.5) is 0 Å². The Morgan fingerprint density at radius 3 is 2.74 bits per heavy atom. The third kappa shape index (κ3) is 2.88. The fraction of sp³-hybridized carbons (Fsp3) is 0.833. The second-order valence-corrected chi connectivity index (χ2v) is 5.30. The van der Waals surface area contributed by atoms with Crippen LogP contribution in [0, 0.1) is 5.92 Å². The van der Waals surface area contributed by atoms with E-state index in [9.17, 15) is 9.59 Å². The van der Waals surface area contributed by atoms with E-state index in [-0.39, 0.29) is 25.2 Å². The van der Waals surface area contributed by atoms with Crippen molar-refractivity contribution in [1.29, 1.82) is 0 Å². The number of rotatable bonds is 3. The quantitative estimate of drug-likeness (QED) is 0.687. The van der Waals surface area contributed by atoms with Crippen molar-refractivity contribution in [3.63, 3.8) is 0 Å². The van der Waals surface area contributed by atoms with Gasteiger partial charge in [0.1, 0.15) is 5.54 Å². The molecule has 19 heavy (non-hydrogen) atoms. The molecule has 0 aromatic heterocycles. The maximum Gasteiger partial charge on any atom is 0.308 e. The van der Waals surface area contributed by atoms with Crippen LogP contribution in [0.15, 0.2) is 0 Å². The highest BCUT2D eigenvalue weighted by molar-refractivity contribution is 5.87. The molecule has 2 rings (SSSR count). The van der Waals surface area contributed by atoms with Gasteiger partial charge in [0.15, 0.2) is 0 Å². The molecule has 0 aromatic rings. The zero-order valence-corrected chi connectivity index (χ0v) is 11.0. The first-order chi connectivity index (χ1) is 8.96. The van der Waals surface area contributed by atoms with Crippen LogP contribution >= 0.6 is 0 Å². The molecule has 7 nitrogen and oxygen atoms in total. The van der Waals surface area contributed by atoms with Gasteiger partial charge in [0.05, 0.1) is 18.6 Å². The maximum atomic E-state index is 12.4. The Bertz CT molecular complexity index is 367. The number of carbonyl (C=O) groups is 2. The Hall–Kier alpha value is -1.18. The van der Waals surface area contributed by atoms with Crippen LogP contribution in [0.25, 0.3) is 0 Å². The SMILES string of the molecule is COC1CC(C(=O)O)CN(C(=O)C2(N)CCOC2)C1. The number of nitrogens with two attached hydrogens (primary N) is 1. The average Bonchev–Trinajstić information content (AvgIpc) is 2.85. The van der Waals surface area contributed by atoms with Gasteiger partial charge in [-0.3, -0.25) is 9.59 Å². The predicted octanol–water partition coefficient (Wildman–Crippen LogP) is -0.948. The van der Waals surface area contributed by atoms with Gasteiger partial charge in [-0.05, 0) is 12.8 Å². The molecule has 0 aromatic carbocycles. The van der Waals surface area contributed by atoms with E-state index < -0.39 is 17.4 Å². The summed E-state index contributed by atoms with van der Waals surface area (Å²) in [6, 6.07) is 0. The number of carboxylic acid groups (broad SMARTS) is 1. The second-order valence-electron chi connectivity index (χ2n) is 5.30. The van der Waals surface area contributed by atoms with Crippen molar-refractivity contribution in [2.45, 2.75) is 24.5 Å². The first kappa shape index (κ1) is 14.2. The predicted molar refractivity (Wildman–Crippen MR) is 65.5 cm³/mol. The summed E-state index contributed by atoms with van der Waals surface area (Å²) in [5.41, 5.74) is 5.02. The van der Waals surface area contributed by atoms with Gasteiger partial charge >= 0.3 is 5.97 Å². The molecule has 2 fully saturated rings. The number of carbonyl (C=O) groups excluding carboxylic acids is 1. The van der Waals surface area contributed by atoms with Gasteiger partial charge in [-0.25, -0.2) is 0 Å². The van der Waals surface area contributed by atoms with Crippen LogP contribution in [0.1, 0.15) is 12.8 Å². The maximum absolute atomic E-state index is 12.4. The van der Waals surface area contributed by atoms with Crippen molar-refractivity contribution >= 4 is 11.9 Å². The molecule has 0 aliphatic carbocycles. The van der Waals surface area contributed by atoms with Crippen molar-refractivity contribution in [2.24, 2.45) is 11.7 Å². The minimum atomic E-state index is -1.02. The van der Waals surface area contributed by atoms with Crippen LogP contribution in [-0.4, -0.2) is 66.9 Å². The second kappa shape index (κ2) is 5.44. The fourth-order valence-electron chi connectivity index (χ4n) is 2.63. The summed E-state index contributed by atoms with van der Waals surface area (Å²) in [5.74, 6) is -1.75. The van der Waals surface area contributed by atoms with Gasteiger partial charge in [0, 0.05) is 26.8 Å². The van der Waals surface area contributed by atoms with Crippen LogP contribution in [0.3, 0.4) is 0 Å². The number of hydrogen-bond acceptors (Lipinski definition) is 5. The summed E-state index contributed by atoms with van der Waals surface area (Å²) in [7, 11) is 1.52. The fourth-order valence-corrected chi connectivity index (χ4v) is 2.63. The van der Waals surface area contributed by atoms with Crippen molar-refractivity contribution in [3.05, 3.63) is 0 Å². The molecule has 3 N–H and O–H groups in total. The topological polar surface area (TPSA) is 102 Å². The van der Waals surface area contributed by atoms with E-state index in [0.29, 0.717) is 26.0 Å². The molecular weight excluding hydrogens is 252 g/mol. The van der Waals surface area contributed by atoms with Crippen LogP contribution in [0.5, 0.6) is 0 Å². The van der Waals surface area contributed by atoms with Gasteiger partial charge in [0.25, 0.3) is 0 Å². The molecule has 1 amide bonds. The number of ether oxygens (including phenoxy) is 2. The van der Waals surface area contributed by atoms with E-state index in [1.165, 1.54) is 12.0 Å². The summed E-state index contributed by atoms with van der Waals surface area (Å²) < 4.78 is 10.4. The standard InChI is InChI=1S/C12H20N2O5/c1-18-9-4-8(10(15)16)5-14(6-9)11(17)12(13)2-3-19-7-12/h8-9H,2-7,13H2,1H3,(H,15,16). The van der Waals surface area contributed by atoms with Crippen LogP contribution in [0.2, 0.25) is 0 Å². The minimum absolute atomic E-state index is 0.187. The molecule has 3 unspecified atom stereocenters. The van der Waals surface area contributed by atoms with Crippen molar-refractivity contribution in [1.82, 2.24) is 4.90 Å². The number of amides is 1. The number of aliphatic carboxylic acids is 1. The number of hydrogen-bond donors (Lipinski definition) is 2. The third-order valence-electron chi connectivity index (χ3n) is 3.86. The molecule has 2 aliphatic rings. The monoisotopic (exact) mass is 272 g/mol. The first-order valence-corrected chi connectivity index (χ1v) is 6.38. The summed E-state index contributed by atoms with van der Waals surface area (Å²) in [5, 5.41) is 9.13. The Labute approximate surface area is 111 Å². The van der Waals surface area contributed by atoms with E-state index >= 15 is 0 Å². The summed E-state index contributed by atoms with van der Waals surface area (Å²) in [6.07, 6.45) is 0.631. The van der Waals surface area contributed by atoms with Gasteiger partial charge < -0.3 is 25.2 Å². The van der Waals surface area contributed by atoms with Gasteiger partial charge in [-0.1, -0.05) is 0 Å². The van der Waals surface area contributed by atoms with Gasteiger partial charge in [-0.15, -0.1) is 0 Å². The lowest BCUT2D eigenvalue weighted by Crippen LogP contribution is -2.60. The van der Waals surface area contributed by atoms with Crippen molar-refractivity contribution in [3.8, 4) is 0 Å². The third-order valence-corrected chi connectivity index (χ3v) is 3.86. The first-order valence-electron chi connectivity index (χ1n) is 6.38. The highest BCUT2D eigenvalue weighted by atomic mass is 16.5. The van der Waals surface area contributed by atoms with Crippen LogP contribution in [-0.2, 0) is 19.1 Å². The van der Waals surface area contributed by atoms with Crippen molar-refractivity contribution < 1.29 is 24.2 Å². The number of nitrogens with zero attached hydrogens (tertiary/aromatic N) is 1. The molecule has 7 heteroatoms. The number of methoxy groups -OCH3 is 1. The Morgan fingerprint density at radius 1 is 1.47 bits per heavy atom. The molecule has 108 valence electrons. The Morgan fingerprint density at radius 2 is 2.21 bits per heavy atom. The molecule has 0 saturated carbocycles. The van der Waals surface area contributed by atoms with Crippen LogP contribution < -0.4 is 5.73 Å². The largest absolute Gasteiger partial charge is 0.481 e. The molecular formula is C12H20N2O5. The van der Waals surface area contributed by atoms with E-state index in [1.807, 2.05) is 0 Å². The highest BCUT2D eigenvalue weighted by Crippen LogP contribution is 2.24. The molecule has 2 saturated heterocycles. The molecule has 0 radical (unpaired) electrons. The lowest BCUT2D eigenvalue weighted by molar-refractivity contribution is -0.151. The highest BCUT2D eigenvalue weighted by Gasteiger charge is 2.44. The Kier molecular flexibility index (Phi) is 4.07. The van der Waals surface area contributed by atoms with E-state index in [1.54, 1.807) is 0 Å². The molecule has 0 bridgehead atoms. The molecule has 2 aliphatic heterocycles. The van der Waals surface area contributed by atoms with E-state index in [0.717, 1.165) is 0 Å². The van der Waals surface area contributed by atoms with Crippen molar-refractivity contribution in [2.75, 3.05) is 33.4 Å². The van der Waals surface area contributed by atoms with E-state index in [2.05, 4.69) is 0 Å². The van der Waals surface area contributed by atoms with E-state index in [4.69, 9.17) is 20.3 Å². The lowest BCUT2D eigenvalue weighted by Gasteiger charge is -2.38. The van der Waals surface area contributed by atoms with Gasteiger partial charge in [-0.2, -0.15) is 0 Å². The number of piperidine rings is 1. The molecule has 3 atom stereocenters. The summed E-state index contributed by atoms with van der Waals surface area (Å²) in [6.45, 7) is 1.23. The molecule has 0 spiro atoms. The molecule has 2 heterocycles. The average molecular weight is 272 g/mol. The lowest BCUT2D eigenvalue weighted by atomic mass is 9.92. The normalized spacial score (nSPS) is 35.4. The minimum Gasteiger partial charge on any atom is -0.481 e. The number of likely N-dealkylation sites (tertiary alicyclic amines) is 1. The zero-order valence-electron chi connectivity index (χ0n) is 11.0.